The third-order valence-electron chi connectivity index (χ3n) is 13.8. The smallest absolute Gasteiger partial charge is 0.0970 e. The molecule has 338 valence electrons. The van der Waals surface area contributed by atoms with Gasteiger partial charge >= 0.3 is 0 Å². The maximum atomic E-state index is 4.67. The van der Waals surface area contributed by atoms with Gasteiger partial charge in [-0.2, -0.15) is 0 Å². The lowest BCUT2D eigenvalue weighted by Gasteiger charge is -2.34. The van der Waals surface area contributed by atoms with Gasteiger partial charge in [0.25, 0.3) is 0 Å². The molecule has 0 fully saturated rings. The molecule has 0 radical (unpaired) electrons. The predicted molar refractivity (Wildman–Crippen MR) is 299 cm³/mol. The highest BCUT2D eigenvalue weighted by molar-refractivity contribution is 6.11. The van der Waals surface area contributed by atoms with Crippen LogP contribution < -0.4 is 4.90 Å². The van der Waals surface area contributed by atoms with Crippen LogP contribution in [0.2, 0.25) is 0 Å². The van der Waals surface area contributed by atoms with E-state index in [4.69, 9.17) is 0 Å². The van der Waals surface area contributed by atoms with Crippen LogP contribution in [0.4, 0.5) is 17.1 Å². The van der Waals surface area contributed by atoms with Gasteiger partial charge in [-0.1, -0.05) is 232 Å². The molecule has 0 saturated carbocycles. The maximum absolute atomic E-state index is 4.67. The Morgan fingerprint density at radius 2 is 0.620 bits per heavy atom. The van der Waals surface area contributed by atoms with Gasteiger partial charge in [0.1, 0.15) is 0 Å². The number of pyridine rings is 2. The molecule has 12 aromatic rings. The Morgan fingerprint density at radius 1 is 0.268 bits per heavy atom. The van der Waals surface area contributed by atoms with Crippen molar-refractivity contribution in [1.29, 1.82) is 0 Å². The standard InChI is InChI=1S/C43H31N.C24H16N2.CH4/c1-4-14-32(15-5-1)33-24-28-37(29-25-33)44(36-18-8-3-9-19-36)38-30-26-35(27-31-38)43(34-16-6-2-7-17-34)41-22-12-10-20-39(41)40-21-11-13-23-42(40)43;1-3-7-17(8-4-1)19-13-15-25-23-21(19)11-12-22-20(14-16-26-24(22)23)18-9-5-2-6-10-18;/h1-31H;1-16H;1H4. The van der Waals surface area contributed by atoms with Crippen LogP contribution in [0.1, 0.15) is 29.7 Å². The molecule has 0 aliphatic heterocycles. The number of hydrogen-bond acceptors (Lipinski definition) is 3. The third-order valence-corrected chi connectivity index (χ3v) is 13.8. The second-order valence-corrected chi connectivity index (χ2v) is 17.6. The molecule has 10 aromatic carbocycles. The maximum Gasteiger partial charge on any atom is 0.0970 e. The highest BCUT2D eigenvalue weighted by Gasteiger charge is 2.45. The molecule has 13 rings (SSSR count). The minimum Gasteiger partial charge on any atom is -0.311 e. The van der Waals surface area contributed by atoms with Crippen LogP contribution in [0.25, 0.3) is 66.3 Å². The van der Waals surface area contributed by atoms with Crippen molar-refractivity contribution in [2.75, 3.05) is 4.90 Å². The lowest BCUT2D eigenvalue weighted by Crippen LogP contribution is -2.28. The first-order valence-electron chi connectivity index (χ1n) is 23.9. The summed E-state index contributed by atoms with van der Waals surface area (Å²) in [6.45, 7) is 0. The zero-order chi connectivity index (χ0) is 46.7. The zero-order valence-electron chi connectivity index (χ0n) is 38.5. The van der Waals surface area contributed by atoms with Crippen molar-refractivity contribution >= 4 is 38.9 Å². The number of anilines is 3. The summed E-state index contributed by atoms with van der Waals surface area (Å²) in [6, 6.07) is 97.4. The van der Waals surface area contributed by atoms with Crippen molar-refractivity contribution in [3.8, 4) is 44.5 Å². The van der Waals surface area contributed by atoms with Crippen LogP contribution in [-0.4, -0.2) is 9.97 Å². The van der Waals surface area contributed by atoms with Crippen LogP contribution in [0.3, 0.4) is 0 Å². The molecule has 3 heteroatoms. The molecule has 0 atom stereocenters. The monoisotopic (exact) mass is 909 g/mol. The molecule has 0 saturated heterocycles. The first-order valence-corrected chi connectivity index (χ1v) is 23.9. The summed E-state index contributed by atoms with van der Waals surface area (Å²) >= 11 is 0. The van der Waals surface area contributed by atoms with E-state index in [1.54, 1.807) is 0 Å². The Bertz CT molecular complexity index is 3580. The quantitative estimate of drug-likeness (QED) is 0.142. The largest absolute Gasteiger partial charge is 0.311 e. The lowest BCUT2D eigenvalue weighted by molar-refractivity contribution is 0.768. The Balaban J connectivity index is 0.000000172. The Kier molecular flexibility index (Phi) is 12.1. The van der Waals surface area contributed by atoms with Crippen molar-refractivity contribution in [3.63, 3.8) is 0 Å². The molecule has 2 heterocycles. The van der Waals surface area contributed by atoms with E-state index in [2.05, 4.69) is 276 Å². The van der Waals surface area contributed by atoms with E-state index in [-0.39, 0.29) is 7.43 Å². The average Bonchev–Trinajstić information content (AvgIpc) is 3.75. The summed E-state index contributed by atoms with van der Waals surface area (Å²) in [5.41, 5.74) is 19.9. The van der Waals surface area contributed by atoms with Crippen LogP contribution in [0.15, 0.2) is 285 Å². The molecular formula is C68H51N3. The molecule has 0 N–H and O–H groups in total. The molecule has 0 unspecified atom stereocenters. The van der Waals surface area contributed by atoms with Gasteiger partial charge in [-0.05, 0) is 115 Å². The second kappa shape index (κ2) is 19.4. The van der Waals surface area contributed by atoms with Gasteiger partial charge in [-0.25, -0.2) is 0 Å². The summed E-state index contributed by atoms with van der Waals surface area (Å²) in [7, 11) is 0. The minimum absolute atomic E-state index is 0. The van der Waals surface area contributed by atoms with Crippen molar-refractivity contribution in [2.45, 2.75) is 12.8 Å². The average molecular weight is 910 g/mol. The van der Waals surface area contributed by atoms with E-state index < -0.39 is 5.41 Å². The first-order chi connectivity index (χ1) is 34.8. The first kappa shape index (κ1) is 44.3. The van der Waals surface area contributed by atoms with Crippen LogP contribution in [0.5, 0.6) is 0 Å². The van der Waals surface area contributed by atoms with Crippen molar-refractivity contribution in [3.05, 3.63) is 308 Å². The topological polar surface area (TPSA) is 29.0 Å². The molecule has 2 aromatic heterocycles. The van der Waals surface area contributed by atoms with Gasteiger partial charge in [0.05, 0.1) is 16.4 Å². The van der Waals surface area contributed by atoms with Crippen LogP contribution >= 0.6 is 0 Å². The number of benzene rings is 10. The number of aromatic nitrogens is 2. The molecular weight excluding hydrogens is 859 g/mol. The second-order valence-electron chi connectivity index (χ2n) is 17.6. The van der Waals surface area contributed by atoms with Gasteiger partial charge in [-0.15, -0.1) is 0 Å². The zero-order valence-corrected chi connectivity index (χ0v) is 38.5. The number of fused-ring (bicyclic) bond motifs is 6. The van der Waals surface area contributed by atoms with E-state index in [1.165, 1.54) is 66.8 Å². The van der Waals surface area contributed by atoms with Gasteiger partial charge in [-0.3, -0.25) is 9.97 Å². The van der Waals surface area contributed by atoms with Gasteiger partial charge in [0, 0.05) is 40.2 Å². The number of nitrogens with zero attached hydrogens (tertiary/aromatic N) is 3. The summed E-state index contributed by atoms with van der Waals surface area (Å²) in [5.74, 6) is 0. The minimum atomic E-state index is -0.401. The van der Waals surface area contributed by atoms with E-state index in [0.717, 1.165) is 38.9 Å². The fourth-order valence-corrected chi connectivity index (χ4v) is 10.6. The predicted octanol–water partition coefficient (Wildman–Crippen LogP) is 17.9. The summed E-state index contributed by atoms with van der Waals surface area (Å²) in [6.07, 6.45) is 3.75. The summed E-state index contributed by atoms with van der Waals surface area (Å²) < 4.78 is 0. The fourth-order valence-electron chi connectivity index (χ4n) is 10.6. The molecule has 3 nitrogen and oxygen atoms in total. The number of para-hydroxylation sites is 1. The number of hydrogen-bond donors (Lipinski definition) is 0. The fraction of sp³-hybridized carbons (Fsp3) is 0.0294. The summed E-state index contributed by atoms with van der Waals surface area (Å²) in [4.78, 5) is 11.7. The molecule has 0 spiro atoms. The molecule has 0 bridgehead atoms. The Morgan fingerprint density at radius 3 is 1.10 bits per heavy atom. The third kappa shape index (κ3) is 8.04. The number of rotatable bonds is 8. The van der Waals surface area contributed by atoms with E-state index in [1.807, 2.05) is 24.5 Å². The van der Waals surface area contributed by atoms with Gasteiger partial charge in [0.15, 0.2) is 0 Å². The van der Waals surface area contributed by atoms with E-state index in [9.17, 15) is 0 Å². The normalized spacial score (nSPS) is 11.9. The summed E-state index contributed by atoms with van der Waals surface area (Å²) in [5, 5.41) is 2.26. The Hall–Kier alpha value is -9.18. The highest BCUT2D eigenvalue weighted by atomic mass is 15.1. The van der Waals surface area contributed by atoms with Crippen molar-refractivity contribution in [2.24, 2.45) is 0 Å². The van der Waals surface area contributed by atoms with Crippen LogP contribution in [-0.2, 0) is 5.41 Å². The molecule has 1 aliphatic carbocycles. The molecule has 1 aliphatic rings. The van der Waals surface area contributed by atoms with Crippen LogP contribution in [0, 0.1) is 0 Å². The highest BCUT2D eigenvalue weighted by Crippen LogP contribution is 2.56. The molecule has 71 heavy (non-hydrogen) atoms. The molecule has 0 amide bonds. The van der Waals surface area contributed by atoms with Gasteiger partial charge in [0.2, 0.25) is 0 Å². The van der Waals surface area contributed by atoms with E-state index in [0.29, 0.717) is 0 Å². The SMILES string of the molecule is C.c1ccc(-c2ccc(N(c3ccccc3)c3ccc(C4(c5ccccc5)c5ccccc5-c5ccccc54)cc3)cc2)cc1.c1ccc(-c2ccnc3c2ccc2c(-c4ccccc4)ccnc23)cc1. The van der Waals surface area contributed by atoms with Gasteiger partial charge < -0.3 is 4.90 Å². The van der Waals surface area contributed by atoms with E-state index >= 15 is 0 Å². The lowest BCUT2D eigenvalue weighted by atomic mass is 9.68. The Labute approximate surface area is 416 Å². The van der Waals surface area contributed by atoms with Crippen molar-refractivity contribution in [1.82, 2.24) is 9.97 Å². The van der Waals surface area contributed by atoms with Crippen molar-refractivity contribution < 1.29 is 0 Å².